The molecule has 10 nitrogen and oxygen atoms in total. The minimum Gasteiger partial charge on any atom is -0.508 e. The quantitative estimate of drug-likeness (QED) is 0.185. The number of nitrogens with two attached hydrogens (primary N) is 4. The van der Waals surface area contributed by atoms with Gasteiger partial charge in [-0.05, 0) is 54.7 Å². The van der Waals surface area contributed by atoms with Crippen LogP contribution >= 0.6 is 0 Å². The van der Waals surface area contributed by atoms with Crippen molar-refractivity contribution >= 4 is 23.6 Å². The van der Waals surface area contributed by atoms with Crippen LogP contribution in [0.15, 0.2) is 52.4 Å². The van der Waals surface area contributed by atoms with E-state index in [1.54, 1.807) is 19.1 Å². The van der Waals surface area contributed by atoms with Gasteiger partial charge in [0.15, 0.2) is 17.7 Å². The first-order valence-corrected chi connectivity index (χ1v) is 11.8. The third-order valence-electron chi connectivity index (χ3n) is 5.87. The third-order valence-corrected chi connectivity index (χ3v) is 5.87. The number of carbonyl (C=O) groups is 2. The number of Topliss-reactive ketones (excluding diaryl/α,β-unsaturated/α-hetero) is 1. The summed E-state index contributed by atoms with van der Waals surface area (Å²) in [5.74, 6) is -1.30. The lowest BCUT2D eigenvalue weighted by Gasteiger charge is -2.19. The molecule has 0 aliphatic rings. The van der Waals surface area contributed by atoms with Gasteiger partial charge in [-0.3, -0.25) is 9.59 Å². The van der Waals surface area contributed by atoms with Crippen molar-refractivity contribution in [3.8, 4) is 5.75 Å². The molecule has 0 bridgehead atoms. The third kappa shape index (κ3) is 8.94. The fraction of sp³-hybridized carbons (Fsp3) is 0.385. The van der Waals surface area contributed by atoms with Gasteiger partial charge in [-0.2, -0.15) is 0 Å². The van der Waals surface area contributed by atoms with Crippen LogP contribution in [0.5, 0.6) is 5.75 Å². The molecule has 0 saturated carbocycles. The Labute approximate surface area is 211 Å². The standard InChI is InChI=1S/C26H37N7O3/c1-15-9-20(34)10-16(2)21(15)13-22(33-26(29)30)23(35)11-17(3)24(36)31-14-19(32-25(27)28)12-18-7-5-4-6-8-18/h4-10,17,19,22,34H,11-14H2,1-3H3,(H,31,36)(H4,27,28,32)(H4,29,30,33)/t17-,19-,22-/m0/s1. The first-order chi connectivity index (χ1) is 17.0. The predicted octanol–water partition coefficient (Wildman–Crippen LogP) is 0.790. The van der Waals surface area contributed by atoms with Crippen molar-refractivity contribution < 1.29 is 14.7 Å². The highest BCUT2D eigenvalue weighted by Crippen LogP contribution is 2.23. The van der Waals surface area contributed by atoms with Crippen LogP contribution in [0.25, 0.3) is 0 Å². The smallest absolute Gasteiger partial charge is 0.223 e. The van der Waals surface area contributed by atoms with E-state index in [-0.39, 0.29) is 54.8 Å². The van der Waals surface area contributed by atoms with Crippen molar-refractivity contribution in [1.29, 1.82) is 0 Å². The highest BCUT2D eigenvalue weighted by molar-refractivity contribution is 5.91. The van der Waals surface area contributed by atoms with Gasteiger partial charge in [-0.1, -0.05) is 37.3 Å². The lowest BCUT2D eigenvalue weighted by molar-refractivity contribution is -0.129. The molecule has 1 amide bonds. The molecule has 0 unspecified atom stereocenters. The Kier molecular flexibility index (Phi) is 10.3. The molecule has 3 atom stereocenters. The normalized spacial score (nSPS) is 13.2. The lowest BCUT2D eigenvalue weighted by atomic mass is 9.91. The zero-order valence-corrected chi connectivity index (χ0v) is 21.1. The Balaban J connectivity index is 2.05. The number of rotatable bonds is 12. The second-order valence-corrected chi connectivity index (χ2v) is 9.05. The fourth-order valence-electron chi connectivity index (χ4n) is 4.08. The van der Waals surface area contributed by atoms with Crippen LogP contribution in [-0.2, 0) is 22.4 Å². The molecule has 2 rings (SSSR count). The highest BCUT2D eigenvalue weighted by atomic mass is 16.3. The van der Waals surface area contributed by atoms with Crippen LogP contribution in [0.3, 0.4) is 0 Å². The molecule has 0 aliphatic carbocycles. The van der Waals surface area contributed by atoms with Gasteiger partial charge in [-0.25, -0.2) is 9.98 Å². The number of hydrogen-bond donors (Lipinski definition) is 6. The van der Waals surface area contributed by atoms with Crippen LogP contribution in [0.2, 0.25) is 0 Å². The predicted molar refractivity (Wildman–Crippen MR) is 142 cm³/mol. The molecule has 0 aliphatic heterocycles. The van der Waals surface area contributed by atoms with Gasteiger partial charge >= 0.3 is 0 Å². The van der Waals surface area contributed by atoms with Crippen molar-refractivity contribution in [2.75, 3.05) is 6.54 Å². The van der Waals surface area contributed by atoms with Gasteiger partial charge in [-0.15, -0.1) is 0 Å². The summed E-state index contributed by atoms with van der Waals surface area (Å²) in [6, 6.07) is 11.7. The number of hydrogen-bond acceptors (Lipinski definition) is 5. The number of guanidine groups is 2. The Hall–Kier alpha value is -4.08. The molecule has 0 saturated heterocycles. The van der Waals surface area contributed by atoms with Gasteiger partial charge in [0.1, 0.15) is 11.8 Å². The number of nitrogens with one attached hydrogen (secondary N) is 1. The molecule has 2 aromatic rings. The minimum atomic E-state index is -0.848. The second kappa shape index (κ2) is 13.1. The molecule has 0 aromatic heterocycles. The second-order valence-electron chi connectivity index (χ2n) is 9.05. The first kappa shape index (κ1) is 28.2. The molecule has 36 heavy (non-hydrogen) atoms. The molecular formula is C26H37N7O3. The fourth-order valence-corrected chi connectivity index (χ4v) is 4.08. The molecule has 10 heteroatoms. The molecule has 0 radical (unpaired) electrons. The SMILES string of the molecule is Cc1cc(O)cc(C)c1C[C@H](N=C(N)N)C(=O)C[C@H](C)C(=O)NC[C@H](Cc1ccccc1)N=C(N)N. The van der Waals surface area contributed by atoms with E-state index in [0.717, 1.165) is 22.3 Å². The number of ketones is 1. The van der Waals surface area contributed by atoms with E-state index >= 15 is 0 Å². The summed E-state index contributed by atoms with van der Waals surface area (Å²) in [6.07, 6.45) is 0.756. The number of carbonyl (C=O) groups excluding carboxylic acids is 2. The molecule has 2 aromatic carbocycles. The summed E-state index contributed by atoms with van der Waals surface area (Å²) in [4.78, 5) is 34.2. The van der Waals surface area contributed by atoms with Crippen LogP contribution in [-0.4, -0.2) is 47.3 Å². The van der Waals surface area contributed by atoms with Gasteiger partial charge in [0, 0.05) is 25.3 Å². The van der Waals surface area contributed by atoms with Gasteiger partial charge in [0.05, 0.1) is 6.04 Å². The summed E-state index contributed by atoms with van der Waals surface area (Å²) in [5, 5.41) is 12.7. The summed E-state index contributed by atoms with van der Waals surface area (Å²) in [6.45, 7) is 5.58. The Morgan fingerprint density at radius 1 is 0.944 bits per heavy atom. The Bertz CT molecular complexity index is 1080. The Morgan fingerprint density at radius 2 is 1.53 bits per heavy atom. The average molecular weight is 496 g/mol. The van der Waals surface area contributed by atoms with Crippen LogP contribution in [0, 0.1) is 19.8 Å². The first-order valence-electron chi connectivity index (χ1n) is 11.8. The minimum absolute atomic E-state index is 0.0465. The van der Waals surface area contributed by atoms with Crippen molar-refractivity contribution in [2.24, 2.45) is 38.8 Å². The Morgan fingerprint density at radius 3 is 2.08 bits per heavy atom. The van der Waals surface area contributed by atoms with E-state index in [9.17, 15) is 14.7 Å². The average Bonchev–Trinajstić information content (AvgIpc) is 2.78. The van der Waals surface area contributed by atoms with E-state index in [1.165, 1.54) is 0 Å². The number of benzene rings is 2. The van der Waals surface area contributed by atoms with Crippen molar-refractivity contribution in [2.45, 2.75) is 52.1 Å². The van der Waals surface area contributed by atoms with Crippen molar-refractivity contribution in [1.82, 2.24) is 5.32 Å². The lowest BCUT2D eigenvalue weighted by Crippen LogP contribution is -2.39. The van der Waals surface area contributed by atoms with E-state index in [2.05, 4.69) is 15.3 Å². The summed E-state index contributed by atoms with van der Waals surface area (Å²) in [5.41, 5.74) is 25.9. The molecule has 0 fully saturated rings. The molecular weight excluding hydrogens is 458 g/mol. The van der Waals surface area contributed by atoms with E-state index < -0.39 is 12.0 Å². The zero-order chi connectivity index (χ0) is 26.8. The molecule has 194 valence electrons. The highest BCUT2D eigenvalue weighted by Gasteiger charge is 2.25. The zero-order valence-electron chi connectivity index (χ0n) is 21.1. The van der Waals surface area contributed by atoms with Crippen molar-refractivity contribution in [3.63, 3.8) is 0 Å². The summed E-state index contributed by atoms with van der Waals surface area (Å²) >= 11 is 0. The van der Waals surface area contributed by atoms with E-state index in [4.69, 9.17) is 22.9 Å². The number of phenolic OH excluding ortho intramolecular Hbond substituents is 1. The van der Waals surface area contributed by atoms with Crippen LogP contribution < -0.4 is 28.3 Å². The molecule has 0 spiro atoms. The van der Waals surface area contributed by atoms with Crippen LogP contribution in [0.4, 0.5) is 0 Å². The summed E-state index contributed by atoms with van der Waals surface area (Å²) in [7, 11) is 0. The van der Waals surface area contributed by atoms with Crippen LogP contribution in [0.1, 0.15) is 35.6 Å². The van der Waals surface area contributed by atoms with Crippen molar-refractivity contribution in [3.05, 3.63) is 64.7 Å². The van der Waals surface area contributed by atoms with E-state index in [1.807, 2.05) is 44.2 Å². The maximum atomic E-state index is 13.1. The monoisotopic (exact) mass is 495 g/mol. The summed E-state index contributed by atoms with van der Waals surface area (Å²) < 4.78 is 0. The largest absolute Gasteiger partial charge is 0.508 e. The number of nitrogens with zero attached hydrogens (tertiary/aromatic N) is 2. The number of aromatic hydroxyl groups is 1. The maximum absolute atomic E-state index is 13.1. The number of phenols is 1. The topological polar surface area (TPSA) is 195 Å². The number of amides is 1. The number of aryl methyl sites for hydroxylation is 2. The maximum Gasteiger partial charge on any atom is 0.223 e. The van der Waals surface area contributed by atoms with Gasteiger partial charge in [0.25, 0.3) is 0 Å². The van der Waals surface area contributed by atoms with E-state index in [0.29, 0.717) is 6.42 Å². The molecule has 10 N–H and O–H groups in total. The van der Waals surface area contributed by atoms with Gasteiger partial charge < -0.3 is 33.4 Å². The number of aliphatic imine (C=N–C) groups is 2. The van der Waals surface area contributed by atoms with Gasteiger partial charge in [0.2, 0.25) is 5.91 Å². The molecule has 0 heterocycles.